The summed E-state index contributed by atoms with van der Waals surface area (Å²) in [5, 5.41) is 11.0. The number of nitrogens with zero attached hydrogens (tertiary/aromatic N) is 4. The number of rotatable bonds is 3. The minimum atomic E-state index is -0.445. The predicted molar refractivity (Wildman–Crippen MR) is 103 cm³/mol. The Morgan fingerprint density at radius 3 is 2.71 bits per heavy atom. The predicted octanol–water partition coefficient (Wildman–Crippen LogP) is 4.41. The number of hydrogen-bond acceptors (Lipinski definition) is 6. The third-order valence-electron chi connectivity index (χ3n) is 5.25. The van der Waals surface area contributed by atoms with Crippen molar-refractivity contribution in [3.8, 4) is 11.5 Å². The zero-order chi connectivity index (χ0) is 19.3. The van der Waals surface area contributed by atoms with Gasteiger partial charge in [-0.25, -0.2) is 9.97 Å². The maximum Gasteiger partial charge on any atom is 0.273 e. The number of oxazole rings is 1. The summed E-state index contributed by atoms with van der Waals surface area (Å²) in [5.41, 5.74) is 3.73. The van der Waals surface area contributed by atoms with Crippen LogP contribution in [0.5, 0.6) is 0 Å². The van der Waals surface area contributed by atoms with E-state index in [-0.39, 0.29) is 5.69 Å². The number of benzene rings is 2. The molecular weight excluding hydrogens is 360 g/mol. The van der Waals surface area contributed by atoms with Crippen LogP contribution in [0.1, 0.15) is 24.7 Å². The summed E-state index contributed by atoms with van der Waals surface area (Å²) in [6.45, 7) is 3.57. The van der Waals surface area contributed by atoms with E-state index in [9.17, 15) is 10.1 Å². The van der Waals surface area contributed by atoms with Crippen LogP contribution < -0.4 is 0 Å². The lowest BCUT2D eigenvalue weighted by Crippen LogP contribution is -2.20. The van der Waals surface area contributed by atoms with Crippen molar-refractivity contribution in [1.29, 1.82) is 0 Å². The second-order valence-corrected chi connectivity index (χ2v) is 7.00. The Kier molecular flexibility index (Phi) is 3.87. The summed E-state index contributed by atoms with van der Waals surface area (Å²) in [6.07, 6.45) is 1.97. The van der Waals surface area contributed by atoms with Gasteiger partial charge in [0.15, 0.2) is 5.58 Å². The Morgan fingerprint density at radius 2 is 1.93 bits per heavy atom. The number of imidazole rings is 1. The molecule has 1 saturated heterocycles. The maximum atomic E-state index is 11.0. The average Bonchev–Trinajstić information content (AvgIpc) is 3.27. The van der Waals surface area contributed by atoms with Crippen molar-refractivity contribution in [2.75, 3.05) is 13.2 Å². The fourth-order valence-corrected chi connectivity index (χ4v) is 3.91. The van der Waals surface area contributed by atoms with Crippen LogP contribution in [0.2, 0.25) is 0 Å². The Hall–Kier alpha value is -3.26. The van der Waals surface area contributed by atoms with Gasteiger partial charge in [-0.1, -0.05) is 0 Å². The van der Waals surface area contributed by atoms with Crippen LogP contribution in [-0.2, 0) is 4.74 Å². The van der Waals surface area contributed by atoms with E-state index in [0.717, 1.165) is 48.5 Å². The van der Waals surface area contributed by atoms with Gasteiger partial charge in [-0.05, 0) is 44.0 Å². The molecular formula is C20H18N4O4. The first-order chi connectivity index (χ1) is 13.6. The number of non-ortho nitro benzene ring substituents is 1. The van der Waals surface area contributed by atoms with Gasteiger partial charge >= 0.3 is 0 Å². The molecule has 1 fully saturated rings. The van der Waals surface area contributed by atoms with Crippen molar-refractivity contribution in [3.63, 3.8) is 0 Å². The molecule has 2 aromatic heterocycles. The topological polar surface area (TPSA) is 96.2 Å². The van der Waals surface area contributed by atoms with Gasteiger partial charge in [-0.2, -0.15) is 0 Å². The molecule has 0 spiro atoms. The zero-order valence-corrected chi connectivity index (χ0v) is 15.3. The van der Waals surface area contributed by atoms with E-state index in [1.165, 1.54) is 12.1 Å². The van der Waals surface area contributed by atoms with E-state index >= 15 is 0 Å². The van der Waals surface area contributed by atoms with Crippen molar-refractivity contribution in [1.82, 2.24) is 14.5 Å². The first-order valence-electron chi connectivity index (χ1n) is 9.22. The Morgan fingerprint density at radius 1 is 1.11 bits per heavy atom. The molecule has 0 bridgehead atoms. The lowest BCUT2D eigenvalue weighted by molar-refractivity contribution is -0.384. The highest BCUT2D eigenvalue weighted by molar-refractivity contribution is 5.83. The van der Waals surface area contributed by atoms with E-state index in [0.29, 0.717) is 23.0 Å². The summed E-state index contributed by atoms with van der Waals surface area (Å²) < 4.78 is 13.6. The highest BCUT2D eigenvalue weighted by Gasteiger charge is 2.21. The molecule has 28 heavy (non-hydrogen) atoms. The van der Waals surface area contributed by atoms with Crippen molar-refractivity contribution in [2.24, 2.45) is 0 Å². The number of fused-ring (bicyclic) bond motifs is 2. The first-order valence-corrected chi connectivity index (χ1v) is 9.22. The van der Waals surface area contributed by atoms with E-state index in [2.05, 4.69) is 9.55 Å². The maximum absolute atomic E-state index is 11.0. The monoisotopic (exact) mass is 378 g/mol. The highest BCUT2D eigenvalue weighted by atomic mass is 16.6. The van der Waals surface area contributed by atoms with Gasteiger partial charge < -0.3 is 13.7 Å². The Labute approximate surface area is 159 Å². The molecule has 8 nitrogen and oxygen atoms in total. The summed E-state index contributed by atoms with van der Waals surface area (Å²) >= 11 is 0. The minimum absolute atomic E-state index is 0.0171. The molecule has 0 saturated carbocycles. The second kappa shape index (κ2) is 6.42. The molecule has 0 unspecified atom stereocenters. The summed E-state index contributed by atoms with van der Waals surface area (Å²) in [6, 6.07) is 10.8. The van der Waals surface area contributed by atoms with Crippen LogP contribution >= 0.6 is 0 Å². The van der Waals surface area contributed by atoms with E-state index in [4.69, 9.17) is 14.1 Å². The lowest BCUT2D eigenvalue weighted by atomic mass is 10.1. The zero-order valence-electron chi connectivity index (χ0n) is 15.3. The number of nitro benzene ring substituents is 1. The van der Waals surface area contributed by atoms with E-state index in [1.807, 2.05) is 25.1 Å². The minimum Gasteiger partial charge on any atom is -0.436 e. The van der Waals surface area contributed by atoms with Gasteiger partial charge in [-0.15, -0.1) is 0 Å². The number of aryl methyl sites for hydroxylation is 1. The first kappa shape index (κ1) is 16.9. The molecule has 0 amide bonds. The fraction of sp³-hybridized carbons (Fsp3) is 0.300. The molecule has 0 atom stereocenters. The number of aromatic nitrogens is 3. The van der Waals surface area contributed by atoms with Crippen molar-refractivity contribution < 1.29 is 14.1 Å². The quantitative estimate of drug-likeness (QED) is 0.387. The van der Waals surface area contributed by atoms with Gasteiger partial charge in [0.05, 0.1) is 22.0 Å². The van der Waals surface area contributed by atoms with Crippen LogP contribution in [0.15, 0.2) is 40.8 Å². The third kappa shape index (κ3) is 2.73. The lowest BCUT2D eigenvalue weighted by Gasteiger charge is -2.25. The fourth-order valence-electron chi connectivity index (χ4n) is 3.91. The van der Waals surface area contributed by atoms with Gasteiger partial charge in [0, 0.05) is 30.9 Å². The number of ether oxygens (including phenoxy) is 1. The molecule has 4 aromatic rings. The second-order valence-electron chi connectivity index (χ2n) is 7.00. The van der Waals surface area contributed by atoms with Crippen LogP contribution in [-0.4, -0.2) is 32.7 Å². The Bertz CT molecular complexity index is 1200. The normalized spacial score (nSPS) is 15.5. The summed E-state index contributed by atoms with van der Waals surface area (Å²) in [7, 11) is 0. The van der Waals surface area contributed by atoms with E-state index < -0.39 is 4.92 Å². The standard InChI is InChI=1S/C20H18N4O4/c1-12-21-17-10-13(2-5-18(17)23(12)14-6-8-27-9-7-14)20-22-16-4-3-15(24(25)26)11-19(16)28-20/h2-5,10-11,14H,6-9H2,1H3. The molecule has 5 rings (SSSR count). The SMILES string of the molecule is Cc1nc2cc(-c3nc4ccc([N+](=O)[O-])cc4o3)ccc2n1C1CCOCC1. The molecule has 8 heteroatoms. The largest absolute Gasteiger partial charge is 0.436 e. The molecule has 3 heterocycles. The molecule has 142 valence electrons. The highest BCUT2D eigenvalue weighted by Crippen LogP contribution is 2.32. The van der Waals surface area contributed by atoms with Crippen molar-refractivity contribution in [3.05, 3.63) is 52.3 Å². The summed E-state index contributed by atoms with van der Waals surface area (Å²) in [5.74, 6) is 1.41. The van der Waals surface area contributed by atoms with Crippen LogP contribution in [0.4, 0.5) is 5.69 Å². The molecule has 0 N–H and O–H groups in total. The average molecular weight is 378 g/mol. The van der Waals surface area contributed by atoms with Crippen molar-refractivity contribution >= 4 is 27.8 Å². The molecule has 1 aliphatic heterocycles. The molecule has 0 radical (unpaired) electrons. The number of hydrogen-bond donors (Lipinski definition) is 0. The smallest absolute Gasteiger partial charge is 0.273 e. The molecule has 0 aliphatic carbocycles. The molecule has 1 aliphatic rings. The van der Waals surface area contributed by atoms with Crippen LogP contribution in [0, 0.1) is 17.0 Å². The van der Waals surface area contributed by atoms with Gasteiger partial charge in [-0.3, -0.25) is 10.1 Å². The van der Waals surface area contributed by atoms with E-state index in [1.54, 1.807) is 6.07 Å². The summed E-state index contributed by atoms with van der Waals surface area (Å²) in [4.78, 5) is 19.7. The van der Waals surface area contributed by atoms with Gasteiger partial charge in [0.2, 0.25) is 5.89 Å². The van der Waals surface area contributed by atoms with Gasteiger partial charge in [0.25, 0.3) is 5.69 Å². The van der Waals surface area contributed by atoms with Crippen LogP contribution in [0.3, 0.4) is 0 Å². The molecule has 2 aromatic carbocycles. The third-order valence-corrected chi connectivity index (χ3v) is 5.25. The number of nitro groups is 1. The van der Waals surface area contributed by atoms with Gasteiger partial charge in [0.1, 0.15) is 11.3 Å². The van der Waals surface area contributed by atoms with Crippen LogP contribution in [0.25, 0.3) is 33.6 Å². The van der Waals surface area contributed by atoms with Crippen molar-refractivity contribution in [2.45, 2.75) is 25.8 Å². The Balaban J connectivity index is 1.56.